The van der Waals surface area contributed by atoms with Crippen molar-refractivity contribution >= 4 is 11.8 Å². The molecule has 7 heteroatoms. The summed E-state index contributed by atoms with van der Waals surface area (Å²) in [4.78, 5) is 29.0. The van der Waals surface area contributed by atoms with Gasteiger partial charge in [-0.25, -0.2) is 4.39 Å². The molecule has 1 aromatic carbocycles. The molecule has 1 saturated heterocycles. The molecule has 0 saturated carbocycles. The van der Waals surface area contributed by atoms with E-state index in [0.717, 1.165) is 12.8 Å². The molecular formula is C21H26FN3O3. The SMILES string of the molecule is Cc1noc(C)c1C(=O)N1CCCC(N(C)C(=O)Cc2ccccc2F)CC1. The first kappa shape index (κ1) is 20.0. The summed E-state index contributed by atoms with van der Waals surface area (Å²) in [6, 6.07) is 6.38. The summed E-state index contributed by atoms with van der Waals surface area (Å²) >= 11 is 0. The minimum absolute atomic E-state index is 0.0294. The second-order valence-corrected chi connectivity index (χ2v) is 7.35. The number of amides is 2. The summed E-state index contributed by atoms with van der Waals surface area (Å²) in [5, 5.41) is 3.86. The third kappa shape index (κ3) is 4.24. The van der Waals surface area contributed by atoms with Gasteiger partial charge < -0.3 is 14.3 Å². The molecule has 2 aromatic rings. The molecule has 1 aliphatic rings. The van der Waals surface area contributed by atoms with Gasteiger partial charge in [0.25, 0.3) is 5.91 Å². The van der Waals surface area contributed by atoms with Gasteiger partial charge in [0.2, 0.25) is 5.91 Å². The lowest BCUT2D eigenvalue weighted by Gasteiger charge is -2.27. The van der Waals surface area contributed by atoms with E-state index in [9.17, 15) is 14.0 Å². The van der Waals surface area contributed by atoms with E-state index in [2.05, 4.69) is 5.16 Å². The van der Waals surface area contributed by atoms with Crippen LogP contribution >= 0.6 is 0 Å². The third-order valence-corrected chi connectivity index (χ3v) is 5.47. The maximum Gasteiger partial charge on any atom is 0.259 e. The first-order valence-electron chi connectivity index (χ1n) is 9.59. The van der Waals surface area contributed by atoms with Gasteiger partial charge in [0.15, 0.2) is 0 Å². The Balaban J connectivity index is 1.62. The predicted octanol–water partition coefficient (Wildman–Crippen LogP) is 3.13. The summed E-state index contributed by atoms with van der Waals surface area (Å²) < 4.78 is 18.9. The number of hydrogen-bond acceptors (Lipinski definition) is 4. The lowest BCUT2D eigenvalue weighted by atomic mass is 10.1. The molecule has 3 rings (SSSR count). The highest BCUT2D eigenvalue weighted by Crippen LogP contribution is 2.21. The van der Waals surface area contributed by atoms with Crippen LogP contribution in [0.25, 0.3) is 0 Å². The van der Waals surface area contributed by atoms with Crippen molar-refractivity contribution in [1.29, 1.82) is 0 Å². The molecule has 1 aromatic heterocycles. The molecular weight excluding hydrogens is 361 g/mol. The minimum atomic E-state index is -0.360. The second kappa shape index (κ2) is 8.54. The van der Waals surface area contributed by atoms with Crippen LogP contribution in [-0.4, -0.2) is 52.9 Å². The van der Waals surface area contributed by atoms with Crippen LogP contribution in [0.1, 0.15) is 46.6 Å². The number of hydrogen-bond donors (Lipinski definition) is 0. The fourth-order valence-electron chi connectivity index (χ4n) is 3.75. The average molecular weight is 387 g/mol. The first-order chi connectivity index (χ1) is 13.4. The number of likely N-dealkylation sites (tertiary alicyclic amines) is 1. The molecule has 1 atom stereocenters. The third-order valence-electron chi connectivity index (χ3n) is 5.47. The number of nitrogens with zero attached hydrogens (tertiary/aromatic N) is 3. The van der Waals surface area contributed by atoms with Gasteiger partial charge in [-0.3, -0.25) is 9.59 Å². The van der Waals surface area contributed by atoms with Gasteiger partial charge >= 0.3 is 0 Å². The Bertz CT molecular complexity index is 845. The van der Waals surface area contributed by atoms with E-state index in [1.165, 1.54) is 6.07 Å². The Morgan fingerprint density at radius 1 is 1.25 bits per heavy atom. The normalized spacial score (nSPS) is 17.3. The molecule has 2 heterocycles. The molecule has 1 aliphatic heterocycles. The van der Waals surface area contributed by atoms with Gasteiger partial charge in [0, 0.05) is 26.2 Å². The zero-order valence-corrected chi connectivity index (χ0v) is 16.6. The smallest absolute Gasteiger partial charge is 0.259 e. The number of aromatic nitrogens is 1. The van der Waals surface area contributed by atoms with Crippen molar-refractivity contribution in [2.45, 2.75) is 45.6 Å². The van der Waals surface area contributed by atoms with Crippen LogP contribution in [0.3, 0.4) is 0 Å². The number of likely N-dealkylation sites (N-methyl/N-ethyl adjacent to an activating group) is 1. The van der Waals surface area contributed by atoms with Crippen molar-refractivity contribution in [2.24, 2.45) is 0 Å². The molecule has 0 spiro atoms. The Kier molecular flexibility index (Phi) is 6.11. The summed E-state index contributed by atoms with van der Waals surface area (Å²) in [6.45, 7) is 4.70. The maximum atomic E-state index is 13.8. The highest BCUT2D eigenvalue weighted by molar-refractivity contribution is 5.96. The van der Waals surface area contributed by atoms with E-state index < -0.39 is 0 Å². The lowest BCUT2D eigenvalue weighted by Crippen LogP contribution is -2.39. The first-order valence-corrected chi connectivity index (χ1v) is 9.59. The molecule has 0 N–H and O–H groups in total. The van der Waals surface area contributed by atoms with Gasteiger partial charge in [-0.15, -0.1) is 0 Å². The summed E-state index contributed by atoms with van der Waals surface area (Å²) in [7, 11) is 1.76. The molecule has 6 nitrogen and oxygen atoms in total. The standard InChI is InChI=1S/C21H26FN3O3/c1-14-20(15(2)28-23-14)21(27)25-11-6-8-17(10-12-25)24(3)19(26)13-16-7-4-5-9-18(16)22/h4-5,7,9,17H,6,8,10-13H2,1-3H3. The lowest BCUT2D eigenvalue weighted by molar-refractivity contribution is -0.131. The van der Waals surface area contributed by atoms with E-state index in [4.69, 9.17) is 4.52 Å². The molecule has 1 fully saturated rings. The molecule has 1 unspecified atom stereocenters. The maximum absolute atomic E-state index is 13.8. The monoisotopic (exact) mass is 387 g/mol. The van der Waals surface area contributed by atoms with Crippen molar-refractivity contribution in [3.05, 3.63) is 52.7 Å². The summed E-state index contributed by atoms with van der Waals surface area (Å²) in [5.41, 5.74) is 1.53. The number of aryl methyl sites for hydroxylation is 2. The van der Waals surface area contributed by atoms with Crippen LogP contribution in [0, 0.1) is 19.7 Å². The topological polar surface area (TPSA) is 66.7 Å². The Labute approximate surface area is 164 Å². The van der Waals surface area contributed by atoms with Gasteiger partial charge in [0.1, 0.15) is 17.1 Å². The number of halogens is 1. The van der Waals surface area contributed by atoms with Crippen molar-refractivity contribution in [3.63, 3.8) is 0 Å². The van der Waals surface area contributed by atoms with Gasteiger partial charge in [-0.05, 0) is 44.7 Å². The number of carbonyl (C=O) groups is 2. The molecule has 0 aliphatic carbocycles. The Hall–Kier alpha value is -2.70. The zero-order chi connectivity index (χ0) is 20.3. The van der Waals surface area contributed by atoms with E-state index >= 15 is 0 Å². The Morgan fingerprint density at radius 2 is 2.00 bits per heavy atom. The highest BCUT2D eigenvalue weighted by atomic mass is 19.1. The van der Waals surface area contributed by atoms with E-state index in [-0.39, 0.29) is 30.1 Å². The van der Waals surface area contributed by atoms with Crippen LogP contribution in [0.4, 0.5) is 4.39 Å². The number of benzene rings is 1. The molecule has 2 amide bonds. The fraction of sp³-hybridized carbons (Fsp3) is 0.476. The molecule has 0 bridgehead atoms. The van der Waals surface area contributed by atoms with Crippen molar-refractivity contribution in [1.82, 2.24) is 15.0 Å². The van der Waals surface area contributed by atoms with Crippen LogP contribution in [0.2, 0.25) is 0 Å². The van der Waals surface area contributed by atoms with E-state index in [0.29, 0.717) is 42.1 Å². The van der Waals surface area contributed by atoms with Gasteiger partial charge in [-0.1, -0.05) is 23.4 Å². The van der Waals surface area contributed by atoms with E-state index in [1.54, 1.807) is 44.0 Å². The van der Waals surface area contributed by atoms with Crippen LogP contribution < -0.4 is 0 Å². The number of rotatable bonds is 4. The van der Waals surface area contributed by atoms with Crippen molar-refractivity contribution < 1.29 is 18.5 Å². The zero-order valence-electron chi connectivity index (χ0n) is 16.6. The highest BCUT2D eigenvalue weighted by Gasteiger charge is 2.28. The van der Waals surface area contributed by atoms with Crippen LogP contribution in [-0.2, 0) is 11.2 Å². The Morgan fingerprint density at radius 3 is 2.68 bits per heavy atom. The van der Waals surface area contributed by atoms with Crippen LogP contribution in [0.5, 0.6) is 0 Å². The largest absolute Gasteiger partial charge is 0.361 e. The van der Waals surface area contributed by atoms with Gasteiger partial charge in [-0.2, -0.15) is 0 Å². The number of carbonyl (C=O) groups excluding carboxylic acids is 2. The molecule has 150 valence electrons. The van der Waals surface area contributed by atoms with E-state index in [1.807, 2.05) is 4.90 Å². The van der Waals surface area contributed by atoms with Crippen molar-refractivity contribution in [3.8, 4) is 0 Å². The second-order valence-electron chi connectivity index (χ2n) is 7.35. The van der Waals surface area contributed by atoms with Crippen molar-refractivity contribution in [2.75, 3.05) is 20.1 Å². The quantitative estimate of drug-likeness (QED) is 0.808. The predicted molar refractivity (Wildman–Crippen MR) is 102 cm³/mol. The van der Waals surface area contributed by atoms with Crippen LogP contribution in [0.15, 0.2) is 28.8 Å². The minimum Gasteiger partial charge on any atom is -0.361 e. The summed E-state index contributed by atoms with van der Waals surface area (Å²) in [5.74, 6) is -0.0142. The summed E-state index contributed by atoms with van der Waals surface area (Å²) in [6.07, 6.45) is 2.35. The fourth-order valence-corrected chi connectivity index (χ4v) is 3.75. The average Bonchev–Trinajstić information content (AvgIpc) is 2.87. The molecule has 0 radical (unpaired) electrons. The molecule has 28 heavy (non-hydrogen) atoms. The van der Waals surface area contributed by atoms with Gasteiger partial charge in [0.05, 0.1) is 12.1 Å².